The van der Waals surface area contributed by atoms with Crippen LogP contribution in [0.3, 0.4) is 0 Å². The van der Waals surface area contributed by atoms with E-state index in [1.165, 1.54) is 44.1 Å². The van der Waals surface area contributed by atoms with Crippen LogP contribution in [0, 0.1) is 0 Å². The van der Waals surface area contributed by atoms with E-state index >= 15 is 0 Å². The fourth-order valence-corrected chi connectivity index (χ4v) is 2.77. The van der Waals surface area contributed by atoms with Crippen LogP contribution in [0.4, 0.5) is 0 Å². The van der Waals surface area contributed by atoms with Gasteiger partial charge in [-0.1, -0.05) is 69.4 Å². The number of unbranched alkanes of at least 4 members (excludes halogenated alkanes) is 5. The van der Waals surface area contributed by atoms with Crippen LogP contribution in [-0.4, -0.2) is 28.5 Å². The number of aromatic amines is 1. The van der Waals surface area contributed by atoms with Gasteiger partial charge in [-0.15, -0.1) is 0 Å². The first kappa shape index (κ1) is 17.7. The van der Waals surface area contributed by atoms with Gasteiger partial charge >= 0.3 is 0 Å². The van der Waals surface area contributed by atoms with Gasteiger partial charge in [0.2, 0.25) is 0 Å². The largest absolute Gasteiger partial charge is 0.316 e. The minimum Gasteiger partial charge on any atom is -0.316 e. The Morgan fingerprint density at radius 2 is 1.61 bits per heavy atom. The molecule has 0 bridgehead atoms. The average molecular weight is 314 g/mol. The van der Waals surface area contributed by atoms with Crippen molar-refractivity contribution in [1.29, 1.82) is 0 Å². The van der Waals surface area contributed by atoms with E-state index in [4.69, 9.17) is 0 Å². The molecule has 4 nitrogen and oxygen atoms in total. The Balaban J connectivity index is 1.60. The normalized spacial score (nSPS) is 11.0. The number of aromatic nitrogens is 3. The zero-order valence-electron chi connectivity index (χ0n) is 14.4. The van der Waals surface area contributed by atoms with Gasteiger partial charge in [-0.05, 0) is 18.5 Å². The highest BCUT2D eigenvalue weighted by Gasteiger charge is 2.08. The molecular weight excluding hydrogens is 284 g/mol. The molecular formula is C19H30N4. The summed E-state index contributed by atoms with van der Waals surface area (Å²) in [5, 5.41) is 14.9. The summed E-state index contributed by atoms with van der Waals surface area (Å²) < 4.78 is 0. The molecule has 126 valence electrons. The summed E-state index contributed by atoms with van der Waals surface area (Å²) in [5.41, 5.74) is 3.43. The van der Waals surface area contributed by atoms with Crippen LogP contribution in [0.1, 0.15) is 62.4 Å². The lowest BCUT2D eigenvalue weighted by molar-refractivity contribution is 0.571. The quantitative estimate of drug-likeness (QED) is 0.584. The average Bonchev–Trinajstić information content (AvgIpc) is 3.01. The molecule has 0 unspecified atom stereocenters. The van der Waals surface area contributed by atoms with Crippen LogP contribution in [0.5, 0.6) is 0 Å². The molecule has 23 heavy (non-hydrogen) atoms. The number of benzene rings is 1. The van der Waals surface area contributed by atoms with E-state index in [-0.39, 0.29) is 0 Å². The van der Waals surface area contributed by atoms with E-state index in [2.05, 4.69) is 51.9 Å². The molecule has 2 N–H and O–H groups in total. The number of nitrogens with zero attached hydrogens (tertiary/aromatic N) is 2. The Hall–Kier alpha value is -1.68. The number of H-pyrrole nitrogens is 1. The fraction of sp³-hybridized carbons (Fsp3) is 0.579. The highest BCUT2D eigenvalue weighted by atomic mass is 15.3. The highest BCUT2D eigenvalue weighted by Crippen LogP contribution is 2.10. The SMILES string of the molecule is CCCCCCCCNCCc1n[nH]nc1Cc1ccccc1. The second-order valence-electron chi connectivity index (χ2n) is 6.15. The number of nitrogens with one attached hydrogen (secondary N) is 2. The predicted octanol–water partition coefficient (Wildman–Crippen LogP) is 3.89. The molecule has 2 aromatic rings. The standard InChI is InChI=1S/C19H30N4/c1-2-3-4-5-6-10-14-20-15-13-18-19(22-23-21-18)16-17-11-8-7-9-12-17/h7-9,11-12,20H,2-6,10,13-16H2,1H3,(H,21,22,23). The third-order valence-electron chi connectivity index (χ3n) is 4.16. The van der Waals surface area contributed by atoms with Gasteiger partial charge in [0.15, 0.2) is 0 Å². The Morgan fingerprint density at radius 1 is 0.870 bits per heavy atom. The predicted molar refractivity (Wildman–Crippen MR) is 95.6 cm³/mol. The molecule has 0 fully saturated rings. The van der Waals surface area contributed by atoms with E-state index < -0.39 is 0 Å². The second kappa shape index (κ2) is 10.9. The molecule has 0 saturated heterocycles. The molecule has 0 aliphatic carbocycles. The van der Waals surface area contributed by atoms with Crippen molar-refractivity contribution in [2.24, 2.45) is 0 Å². The Morgan fingerprint density at radius 3 is 2.43 bits per heavy atom. The highest BCUT2D eigenvalue weighted by molar-refractivity contribution is 5.23. The zero-order valence-corrected chi connectivity index (χ0v) is 14.4. The van der Waals surface area contributed by atoms with Crippen LogP contribution in [-0.2, 0) is 12.8 Å². The van der Waals surface area contributed by atoms with Crippen LogP contribution in [0.2, 0.25) is 0 Å². The van der Waals surface area contributed by atoms with Crippen molar-refractivity contribution in [2.45, 2.75) is 58.3 Å². The first-order chi connectivity index (χ1) is 11.4. The number of hydrogen-bond donors (Lipinski definition) is 2. The lowest BCUT2D eigenvalue weighted by Crippen LogP contribution is -2.19. The van der Waals surface area contributed by atoms with Gasteiger partial charge in [0, 0.05) is 19.4 Å². The smallest absolute Gasteiger partial charge is 0.0900 e. The van der Waals surface area contributed by atoms with E-state index in [9.17, 15) is 0 Å². The fourth-order valence-electron chi connectivity index (χ4n) is 2.77. The molecule has 0 amide bonds. The third kappa shape index (κ3) is 6.95. The van der Waals surface area contributed by atoms with E-state index in [1.807, 2.05) is 6.07 Å². The van der Waals surface area contributed by atoms with Crippen LogP contribution in [0.15, 0.2) is 30.3 Å². The van der Waals surface area contributed by atoms with Gasteiger partial charge in [0.25, 0.3) is 0 Å². The summed E-state index contributed by atoms with van der Waals surface area (Å²) in [7, 11) is 0. The number of rotatable bonds is 12. The van der Waals surface area contributed by atoms with Crippen LogP contribution in [0.25, 0.3) is 0 Å². The molecule has 2 rings (SSSR count). The first-order valence-electron chi connectivity index (χ1n) is 9.03. The molecule has 1 aromatic carbocycles. The maximum atomic E-state index is 4.30. The van der Waals surface area contributed by atoms with Gasteiger partial charge < -0.3 is 5.32 Å². The van der Waals surface area contributed by atoms with Gasteiger partial charge in [0.05, 0.1) is 11.4 Å². The topological polar surface area (TPSA) is 53.6 Å². The first-order valence-corrected chi connectivity index (χ1v) is 9.03. The summed E-state index contributed by atoms with van der Waals surface area (Å²) in [6, 6.07) is 10.4. The second-order valence-corrected chi connectivity index (χ2v) is 6.15. The lowest BCUT2D eigenvalue weighted by Gasteiger charge is -2.05. The molecule has 0 radical (unpaired) electrons. The molecule has 1 aromatic heterocycles. The van der Waals surface area contributed by atoms with Crippen molar-refractivity contribution < 1.29 is 0 Å². The summed E-state index contributed by atoms with van der Waals surface area (Å²) in [5.74, 6) is 0. The van der Waals surface area contributed by atoms with Crippen molar-refractivity contribution in [1.82, 2.24) is 20.7 Å². The maximum Gasteiger partial charge on any atom is 0.0900 e. The van der Waals surface area contributed by atoms with Crippen molar-refractivity contribution in [3.63, 3.8) is 0 Å². The molecule has 1 heterocycles. The molecule has 0 spiro atoms. The van der Waals surface area contributed by atoms with Gasteiger partial charge in [-0.3, -0.25) is 0 Å². The van der Waals surface area contributed by atoms with Gasteiger partial charge in [-0.25, -0.2) is 0 Å². The molecule has 4 heteroatoms. The van der Waals surface area contributed by atoms with E-state index in [0.29, 0.717) is 0 Å². The summed E-state index contributed by atoms with van der Waals surface area (Å²) in [4.78, 5) is 0. The van der Waals surface area contributed by atoms with Crippen LogP contribution >= 0.6 is 0 Å². The van der Waals surface area contributed by atoms with Crippen LogP contribution < -0.4 is 5.32 Å². The zero-order chi connectivity index (χ0) is 16.2. The summed E-state index contributed by atoms with van der Waals surface area (Å²) in [6.07, 6.45) is 9.87. The third-order valence-corrected chi connectivity index (χ3v) is 4.16. The lowest BCUT2D eigenvalue weighted by atomic mass is 10.1. The molecule has 0 saturated carbocycles. The molecule has 0 aliphatic heterocycles. The van der Waals surface area contributed by atoms with E-state index in [0.717, 1.165) is 37.3 Å². The Labute approximate surface area is 140 Å². The number of hydrogen-bond acceptors (Lipinski definition) is 3. The monoisotopic (exact) mass is 314 g/mol. The van der Waals surface area contributed by atoms with E-state index in [1.54, 1.807) is 0 Å². The maximum absolute atomic E-state index is 4.30. The van der Waals surface area contributed by atoms with Crippen molar-refractivity contribution in [3.05, 3.63) is 47.3 Å². The minimum atomic E-state index is 0.851. The molecule has 0 atom stereocenters. The summed E-state index contributed by atoms with van der Waals surface area (Å²) >= 11 is 0. The Bertz CT molecular complexity index is 521. The van der Waals surface area contributed by atoms with Crippen molar-refractivity contribution in [3.8, 4) is 0 Å². The van der Waals surface area contributed by atoms with Gasteiger partial charge in [-0.2, -0.15) is 15.4 Å². The van der Waals surface area contributed by atoms with Crippen molar-refractivity contribution in [2.75, 3.05) is 13.1 Å². The summed E-state index contributed by atoms with van der Waals surface area (Å²) in [6.45, 7) is 4.35. The minimum absolute atomic E-state index is 0.851. The van der Waals surface area contributed by atoms with Gasteiger partial charge in [0.1, 0.15) is 0 Å². The van der Waals surface area contributed by atoms with Crippen molar-refractivity contribution >= 4 is 0 Å². The Kier molecular flexibility index (Phi) is 8.41. The molecule has 0 aliphatic rings.